The molecule has 0 fully saturated rings. The Morgan fingerprint density at radius 2 is 1.73 bits per heavy atom. The molecule has 0 bridgehead atoms. The lowest BCUT2D eigenvalue weighted by molar-refractivity contribution is -0.228. The lowest BCUT2D eigenvalue weighted by Crippen LogP contribution is -2.44. The number of alkyl halides is 3. The molecular weight excluding hydrogens is 211 g/mol. The summed E-state index contributed by atoms with van der Waals surface area (Å²) in [6.45, 7) is 2.96. The summed E-state index contributed by atoms with van der Waals surface area (Å²) in [5.74, 6) is 0. The molecule has 1 atom stereocenters. The summed E-state index contributed by atoms with van der Waals surface area (Å²) in [4.78, 5) is 0. The lowest BCUT2D eigenvalue weighted by Gasteiger charge is -2.31. The molecule has 0 aromatic heterocycles. The van der Waals surface area contributed by atoms with E-state index < -0.39 is 24.5 Å². The van der Waals surface area contributed by atoms with Crippen LogP contribution in [0.15, 0.2) is 0 Å². The number of halogens is 3. The molecule has 0 aromatic rings. The van der Waals surface area contributed by atoms with Crippen molar-refractivity contribution in [3.8, 4) is 0 Å². The van der Waals surface area contributed by atoms with Crippen molar-refractivity contribution in [2.45, 2.75) is 44.6 Å². The van der Waals surface area contributed by atoms with Gasteiger partial charge in [-0.3, -0.25) is 0 Å². The molecule has 0 saturated heterocycles. The van der Waals surface area contributed by atoms with Crippen molar-refractivity contribution in [1.29, 1.82) is 0 Å². The van der Waals surface area contributed by atoms with Crippen LogP contribution in [0.1, 0.15) is 26.7 Å². The second-order valence-corrected chi connectivity index (χ2v) is 3.46. The van der Waals surface area contributed by atoms with Crippen molar-refractivity contribution in [3.05, 3.63) is 0 Å². The molecule has 1 unspecified atom stereocenters. The first-order valence-corrected chi connectivity index (χ1v) is 4.90. The first-order chi connectivity index (χ1) is 6.81. The van der Waals surface area contributed by atoms with E-state index >= 15 is 0 Å². The predicted molar refractivity (Wildman–Crippen MR) is 50.4 cm³/mol. The SMILES string of the molecule is CCC(CC)(CN)OCC(O)C(F)(F)F. The van der Waals surface area contributed by atoms with E-state index in [9.17, 15) is 13.2 Å². The maximum absolute atomic E-state index is 12.0. The minimum atomic E-state index is -4.64. The number of aliphatic hydroxyl groups excluding tert-OH is 1. The van der Waals surface area contributed by atoms with E-state index in [1.807, 2.05) is 0 Å². The molecule has 0 heterocycles. The van der Waals surface area contributed by atoms with Crippen LogP contribution in [0.3, 0.4) is 0 Å². The third-order valence-electron chi connectivity index (χ3n) is 2.59. The summed E-state index contributed by atoms with van der Waals surface area (Å²) >= 11 is 0. The van der Waals surface area contributed by atoms with E-state index in [-0.39, 0.29) is 6.54 Å². The van der Waals surface area contributed by atoms with Crippen molar-refractivity contribution in [1.82, 2.24) is 0 Å². The summed E-state index contributed by atoms with van der Waals surface area (Å²) in [6.07, 6.45) is -6.04. The molecule has 15 heavy (non-hydrogen) atoms. The van der Waals surface area contributed by atoms with Crippen LogP contribution in [0.4, 0.5) is 13.2 Å². The molecular formula is C9H18F3NO2. The van der Waals surface area contributed by atoms with Crippen molar-refractivity contribution in [3.63, 3.8) is 0 Å². The van der Waals surface area contributed by atoms with Crippen molar-refractivity contribution < 1.29 is 23.0 Å². The van der Waals surface area contributed by atoms with Gasteiger partial charge < -0.3 is 15.6 Å². The van der Waals surface area contributed by atoms with Gasteiger partial charge in [0.2, 0.25) is 0 Å². The maximum Gasteiger partial charge on any atom is 0.416 e. The topological polar surface area (TPSA) is 55.5 Å². The van der Waals surface area contributed by atoms with E-state index in [4.69, 9.17) is 15.6 Å². The van der Waals surface area contributed by atoms with Gasteiger partial charge in [0.25, 0.3) is 0 Å². The third-order valence-corrected chi connectivity index (χ3v) is 2.59. The molecule has 0 saturated carbocycles. The van der Waals surface area contributed by atoms with E-state index in [1.165, 1.54) is 0 Å². The summed E-state index contributed by atoms with van der Waals surface area (Å²) in [6, 6.07) is 0. The van der Waals surface area contributed by atoms with Gasteiger partial charge in [-0.1, -0.05) is 13.8 Å². The Morgan fingerprint density at radius 1 is 1.27 bits per heavy atom. The average Bonchev–Trinajstić information content (AvgIpc) is 2.19. The van der Waals surface area contributed by atoms with Gasteiger partial charge in [-0.15, -0.1) is 0 Å². The highest BCUT2D eigenvalue weighted by Crippen LogP contribution is 2.24. The van der Waals surface area contributed by atoms with E-state index in [0.29, 0.717) is 12.8 Å². The van der Waals surface area contributed by atoms with Crippen LogP contribution in [0.5, 0.6) is 0 Å². The number of hydrogen-bond donors (Lipinski definition) is 2. The molecule has 0 rings (SSSR count). The van der Waals surface area contributed by atoms with Gasteiger partial charge in [0, 0.05) is 6.54 Å². The highest BCUT2D eigenvalue weighted by atomic mass is 19.4. The van der Waals surface area contributed by atoms with Gasteiger partial charge >= 0.3 is 6.18 Å². The molecule has 0 aliphatic carbocycles. The molecule has 0 amide bonds. The first-order valence-electron chi connectivity index (χ1n) is 4.90. The Morgan fingerprint density at radius 3 is 2.00 bits per heavy atom. The van der Waals surface area contributed by atoms with Crippen LogP contribution < -0.4 is 5.73 Å². The van der Waals surface area contributed by atoms with Crippen LogP contribution >= 0.6 is 0 Å². The van der Waals surface area contributed by atoms with Crippen molar-refractivity contribution in [2.24, 2.45) is 5.73 Å². The van der Waals surface area contributed by atoms with E-state index in [0.717, 1.165) is 0 Å². The maximum atomic E-state index is 12.0. The number of aliphatic hydroxyl groups is 1. The molecule has 3 nitrogen and oxygen atoms in total. The summed E-state index contributed by atoms with van der Waals surface area (Å²) in [7, 11) is 0. The molecule has 3 N–H and O–H groups in total. The Hall–Kier alpha value is -0.330. The lowest BCUT2D eigenvalue weighted by atomic mass is 9.97. The zero-order valence-electron chi connectivity index (χ0n) is 8.97. The summed E-state index contributed by atoms with van der Waals surface area (Å²) < 4.78 is 41.0. The highest BCUT2D eigenvalue weighted by molar-refractivity contribution is 4.80. The molecule has 0 radical (unpaired) electrons. The fourth-order valence-corrected chi connectivity index (χ4v) is 1.15. The number of ether oxygens (including phenoxy) is 1. The fourth-order valence-electron chi connectivity index (χ4n) is 1.15. The molecule has 6 heteroatoms. The number of nitrogens with two attached hydrogens (primary N) is 1. The Kier molecular flexibility index (Phi) is 5.55. The van der Waals surface area contributed by atoms with Gasteiger partial charge in [-0.05, 0) is 12.8 Å². The first kappa shape index (κ1) is 14.7. The number of hydrogen-bond acceptors (Lipinski definition) is 3. The van der Waals surface area contributed by atoms with Crippen LogP contribution in [0.2, 0.25) is 0 Å². The standard InChI is InChI=1S/C9H18F3NO2/c1-3-8(4-2,6-13)15-5-7(14)9(10,11)12/h7,14H,3-6,13H2,1-2H3. The monoisotopic (exact) mass is 229 g/mol. The molecule has 0 spiro atoms. The molecule has 0 aromatic carbocycles. The Labute approximate surface area is 87.4 Å². The van der Waals surface area contributed by atoms with Gasteiger partial charge in [0.15, 0.2) is 6.10 Å². The van der Waals surface area contributed by atoms with Gasteiger partial charge in [-0.25, -0.2) is 0 Å². The van der Waals surface area contributed by atoms with Crippen molar-refractivity contribution in [2.75, 3.05) is 13.2 Å². The van der Waals surface area contributed by atoms with E-state index in [1.54, 1.807) is 13.8 Å². The van der Waals surface area contributed by atoms with Crippen LogP contribution in [0.25, 0.3) is 0 Å². The largest absolute Gasteiger partial charge is 0.416 e. The zero-order chi connectivity index (χ0) is 12.1. The normalized spacial score (nSPS) is 15.4. The van der Waals surface area contributed by atoms with Gasteiger partial charge in [0.1, 0.15) is 0 Å². The highest BCUT2D eigenvalue weighted by Gasteiger charge is 2.40. The minimum Gasteiger partial charge on any atom is -0.382 e. The second-order valence-electron chi connectivity index (χ2n) is 3.46. The predicted octanol–water partition coefficient (Wildman–Crippen LogP) is 1.44. The third kappa shape index (κ3) is 4.36. The quantitative estimate of drug-likeness (QED) is 0.724. The smallest absolute Gasteiger partial charge is 0.382 e. The molecule has 92 valence electrons. The van der Waals surface area contributed by atoms with Crippen LogP contribution in [-0.2, 0) is 4.74 Å². The zero-order valence-corrected chi connectivity index (χ0v) is 8.97. The van der Waals surface area contributed by atoms with Gasteiger partial charge in [0.05, 0.1) is 12.2 Å². The Balaban J connectivity index is 4.23. The Bertz CT molecular complexity index is 172. The fraction of sp³-hybridized carbons (Fsp3) is 1.00. The van der Waals surface area contributed by atoms with Crippen LogP contribution in [-0.4, -0.2) is 36.1 Å². The summed E-state index contributed by atoms with van der Waals surface area (Å²) in [5.41, 5.74) is 4.68. The van der Waals surface area contributed by atoms with Crippen LogP contribution in [0, 0.1) is 0 Å². The number of rotatable bonds is 6. The molecule has 0 aliphatic heterocycles. The van der Waals surface area contributed by atoms with E-state index in [2.05, 4.69) is 0 Å². The minimum absolute atomic E-state index is 0.143. The van der Waals surface area contributed by atoms with Gasteiger partial charge in [-0.2, -0.15) is 13.2 Å². The second kappa shape index (κ2) is 5.67. The average molecular weight is 229 g/mol. The summed E-state index contributed by atoms with van der Waals surface area (Å²) in [5, 5.41) is 8.74. The molecule has 0 aliphatic rings. The van der Waals surface area contributed by atoms with Crippen molar-refractivity contribution >= 4 is 0 Å².